The summed E-state index contributed by atoms with van der Waals surface area (Å²) in [7, 11) is 0. The van der Waals surface area contributed by atoms with Gasteiger partial charge in [0.25, 0.3) is 11.8 Å². The molecule has 2 amide bonds. The van der Waals surface area contributed by atoms with Crippen LogP contribution in [-0.2, 0) is 29.1 Å². The maximum Gasteiger partial charge on any atom is 0.253 e. The average molecular weight is 504 g/mol. The van der Waals surface area contributed by atoms with Crippen molar-refractivity contribution < 1.29 is 29.1 Å². The molecule has 7 aliphatic rings. The Kier molecular flexibility index (Phi) is 6.30. The number of hydrogen-bond donors (Lipinski definition) is 0. The van der Waals surface area contributed by atoms with Gasteiger partial charge in [-0.25, -0.2) is 9.78 Å². The number of carbonyl (C=O) groups is 2. The molecule has 4 bridgehead atoms. The summed E-state index contributed by atoms with van der Waals surface area (Å²) >= 11 is 0. The first-order valence-corrected chi connectivity index (χ1v) is 14.1. The molecule has 1 heterocycles. The van der Waals surface area contributed by atoms with E-state index in [1.165, 1.54) is 29.9 Å². The molecule has 0 N–H and O–H groups in total. The van der Waals surface area contributed by atoms with Crippen LogP contribution in [0.4, 0.5) is 0 Å². The Bertz CT molecular complexity index is 876. The monoisotopic (exact) mass is 503 g/mol. The van der Waals surface area contributed by atoms with Crippen molar-refractivity contribution >= 4 is 11.8 Å². The number of rotatable bonds is 10. The Morgan fingerprint density at radius 1 is 0.833 bits per heavy atom. The maximum absolute atomic E-state index is 12.0. The molecule has 0 saturated heterocycles. The van der Waals surface area contributed by atoms with Gasteiger partial charge in [0, 0.05) is 35.9 Å². The quantitative estimate of drug-likeness (QED) is 0.164. The van der Waals surface area contributed by atoms with Gasteiger partial charge in [0.1, 0.15) is 11.2 Å². The van der Waals surface area contributed by atoms with Crippen LogP contribution >= 0.6 is 0 Å². The fourth-order valence-corrected chi connectivity index (χ4v) is 8.24. The lowest BCUT2D eigenvalue weighted by Crippen LogP contribution is -2.69. The fraction of sp³-hybridized carbons (Fsp3) is 0.862. The third-order valence-corrected chi connectivity index (χ3v) is 11.5. The molecule has 0 aromatic rings. The molecule has 6 saturated carbocycles. The van der Waals surface area contributed by atoms with Crippen LogP contribution in [0.3, 0.4) is 0 Å². The lowest BCUT2D eigenvalue weighted by molar-refractivity contribution is -0.579. The second kappa shape index (κ2) is 8.62. The van der Waals surface area contributed by atoms with E-state index in [1.54, 1.807) is 0 Å². The Morgan fingerprint density at radius 2 is 1.28 bits per heavy atom. The van der Waals surface area contributed by atoms with Gasteiger partial charge in [-0.05, 0) is 75.5 Å². The second-order valence-electron chi connectivity index (χ2n) is 13.7. The third-order valence-electron chi connectivity index (χ3n) is 11.5. The Morgan fingerprint density at radius 3 is 1.67 bits per heavy atom. The van der Waals surface area contributed by atoms with E-state index in [1.807, 2.05) is 6.92 Å². The van der Waals surface area contributed by atoms with Gasteiger partial charge in [-0.1, -0.05) is 41.5 Å². The molecule has 6 unspecified atom stereocenters. The zero-order valence-electron chi connectivity index (χ0n) is 23.2. The average Bonchev–Trinajstić information content (AvgIpc) is 3.14. The normalized spacial score (nSPS) is 41.6. The van der Waals surface area contributed by atoms with Crippen molar-refractivity contribution in [3.05, 3.63) is 12.2 Å². The highest BCUT2D eigenvalue weighted by atomic mass is 17.3. The predicted octanol–water partition coefficient (Wildman–Crippen LogP) is 5.73. The summed E-state index contributed by atoms with van der Waals surface area (Å²) in [6.45, 7) is 15.8. The van der Waals surface area contributed by atoms with Crippen molar-refractivity contribution in [1.29, 1.82) is 0 Å². The summed E-state index contributed by atoms with van der Waals surface area (Å²) in [5.41, 5.74) is -0.621. The number of hydrogen-bond acceptors (Lipinski definition) is 6. The molecular formula is C29H45NO6. The molecule has 0 aromatic heterocycles. The minimum Gasteiger partial charge on any atom is -0.275 e. The zero-order valence-corrected chi connectivity index (χ0v) is 23.2. The molecule has 0 radical (unpaired) electrons. The van der Waals surface area contributed by atoms with Crippen molar-refractivity contribution in [2.75, 3.05) is 6.54 Å². The smallest absolute Gasteiger partial charge is 0.253 e. The molecule has 6 fully saturated rings. The first-order valence-electron chi connectivity index (χ1n) is 14.1. The molecule has 6 aliphatic carbocycles. The van der Waals surface area contributed by atoms with Crippen molar-refractivity contribution in [3.8, 4) is 0 Å². The van der Waals surface area contributed by atoms with Crippen molar-refractivity contribution in [2.24, 2.45) is 34.5 Å². The van der Waals surface area contributed by atoms with Crippen LogP contribution in [0.5, 0.6) is 0 Å². The molecule has 202 valence electrons. The molecule has 0 spiro atoms. The Hall–Kier alpha value is -1.28. The SMILES string of the molecule is CC1CCC2CC1(OOC(C)(CCCN1C(=O)C=CC1=O)OOC13CC(CCC1C)C3(C)C)C2(C)C. The lowest BCUT2D eigenvalue weighted by Gasteiger charge is -2.67. The topological polar surface area (TPSA) is 74.3 Å². The van der Waals surface area contributed by atoms with Gasteiger partial charge in [0.15, 0.2) is 0 Å². The van der Waals surface area contributed by atoms with E-state index in [4.69, 9.17) is 19.6 Å². The number of fused-ring (bicyclic) bond motifs is 4. The fourth-order valence-electron chi connectivity index (χ4n) is 8.24. The molecule has 6 atom stereocenters. The van der Waals surface area contributed by atoms with E-state index < -0.39 is 5.79 Å². The van der Waals surface area contributed by atoms with E-state index in [2.05, 4.69) is 41.5 Å². The third kappa shape index (κ3) is 3.67. The molecule has 1 aliphatic heterocycles. The zero-order chi connectivity index (χ0) is 26.1. The second-order valence-corrected chi connectivity index (χ2v) is 13.7. The van der Waals surface area contributed by atoms with Crippen LogP contribution in [0.15, 0.2) is 12.2 Å². The first kappa shape index (κ1) is 26.3. The van der Waals surface area contributed by atoms with Crippen LogP contribution in [0.2, 0.25) is 0 Å². The van der Waals surface area contributed by atoms with Gasteiger partial charge >= 0.3 is 0 Å². The standard InChI is InChI=1S/C29H45NO6/c1-19-9-11-21-17-28(19,25(21,3)4)35-33-27(7,15-8-16-30-23(31)13-14-24(30)32)34-36-29-18-22(26(29,5)6)12-10-20(29)2/h13-14,19-22H,8-12,15-18H2,1-7H3. The van der Waals surface area contributed by atoms with Crippen molar-refractivity contribution in [3.63, 3.8) is 0 Å². The Balaban J connectivity index is 1.29. The van der Waals surface area contributed by atoms with Gasteiger partial charge < -0.3 is 0 Å². The van der Waals surface area contributed by atoms with Gasteiger partial charge in [0.05, 0.1) is 0 Å². The minimum absolute atomic E-state index is 0.0340. The molecule has 0 aromatic carbocycles. The van der Waals surface area contributed by atoms with Crippen molar-refractivity contribution in [2.45, 2.75) is 117 Å². The molecule has 7 heteroatoms. The van der Waals surface area contributed by atoms with E-state index >= 15 is 0 Å². The highest BCUT2D eigenvalue weighted by molar-refractivity contribution is 6.12. The molecular weight excluding hydrogens is 458 g/mol. The summed E-state index contributed by atoms with van der Waals surface area (Å²) in [4.78, 5) is 50.6. The van der Waals surface area contributed by atoms with E-state index in [0.717, 1.165) is 25.7 Å². The number of imide groups is 1. The van der Waals surface area contributed by atoms with E-state index in [-0.39, 0.29) is 33.8 Å². The summed E-state index contributed by atoms with van der Waals surface area (Å²) in [6, 6.07) is 0. The lowest BCUT2D eigenvalue weighted by atomic mass is 9.43. The van der Waals surface area contributed by atoms with Crippen LogP contribution < -0.4 is 0 Å². The van der Waals surface area contributed by atoms with Crippen LogP contribution in [0.25, 0.3) is 0 Å². The molecule has 7 rings (SSSR count). The van der Waals surface area contributed by atoms with Gasteiger partial charge in [0.2, 0.25) is 5.79 Å². The number of amides is 2. The number of carbonyl (C=O) groups excluding carboxylic acids is 2. The summed E-state index contributed by atoms with van der Waals surface area (Å²) < 4.78 is 0. The van der Waals surface area contributed by atoms with Crippen LogP contribution in [-0.4, -0.2) is 40.2 Å². The van der Waals surface area contributed by atoms with Crippen LogP contribution in [0, 0.1) is 34.5 Å². The van der Waals surface area contributed by atoms with Gasteiger partial charge in [-0.2, -0.15) is 9.78 Å². The van der Waals surface area contributed by atoms with Gasteiger partial charge in [-0.3, -0.25) is 14.5 Å². The van der Waals surface area contributed by atoms with Crippen LogP contribution in [0.1, 0.15) is 99.8 Å². The van der Waals surface area contributed by atoms with E-state index in [9.17, 15) is 9.59 Å². The highest BCUT2D eigenvalue weighted by Crippen LogP contribution is 2.67. The maximum atomic E-state index is 12.0. The van der Waals surface area contributed by atoms with E-state index in [0.29, 0.717) is 43.1 Å². The number of nitrogens with zero attached hydrogens (tertiary/aromatic N) is 1. The minimum atomic E-state index is -1.17. The summed E-state index contributed by atoms with van der Waals surface area (Å²) in [5.74, 6) is 0.356. The predicted molar refractivity (Wildman–Crippen MR) is 134 cm³/mol. The Labute approximate surface area is 216 Å². The molecule has 7 nitrogen and oxygen atoms in total. The van der Waals surface area contributed by atoms with Gasteiger partial charge in [-0.15, -0.1) is 0 Å². The molecule has 36 heavy (non-hydrogen) atoms. The highest BCUT2D eigenvalue weighted by Gasteiger charge is 2.68. The summed E-state index contributed by atoms with van der Waals surface area (Å²) in [5, 5.41) is 0. The first-order chi connectivity index (χ1) is 16.8. The van der Waals surface area contributed by atoms with Crippen molar-refractivity contribution in [1.82, 2.24) is 4.90 Å². The largest absolute Gasteiger partial charge is 0.275 e. The summed E-state index contributed by atoms with van der Waals surface area (Å²) in [6.07, 6.45) is 10.3.